The van der Waals surface area contributed by atoms with Crippen molar-refractivity contribution in [1.29, 1.82) is 0 Å². The van der Waals surface area contributed by atoms with Crippen molar-refractivity contribution < 1.29 is 14.3 Å². The standard InChI is InChI=1S/C17H18N4O4/c1-3-12-4-6-14(7-5-12)25-9-13-8-16(23)21-17(18-13)19-15(20-21)10-24-11(2)22/h4-8H,3,9-10H2,1-2H3,(H,18,19,20). The van der Waals surface area contributed by atoms with Gasteiger partial charge in [-0.05, 0) is 24.1 Å². The Morgan fingerprint density at radius 1 is 1.24 bits per heavy atom. The average Bonchev–Trinajstić information content (AvgIpc) is 3.02. The van der Waals surface area contributed by atoms with Crippen LogP contribution in [0, 0.1) is 0 Å². The van der Waals surface area contributed by atoms with Gasteiger partial charge in [-0.3, -0.25) is 9.59 Å². The number of aromatic amines is 1. The predicted molar refractivity (Wildman–Crippen MR) is 89.2 cm³/mol. The molecule has 0 unspecified atom stereocenters. The highest BCUT2D eigenvalue weighted by molar-refractivity contribution is 5.65. The largest absolute Gasteiger partial charge is 0.487 e. The molecule has 0 atom stereocenters. The minimum Gasteiger partial charge on any atom is -0.487 e. The molecular formula is C17H18N4O4. The maximum absolute atomic E-state index is 12.1. The molecule has 3 aromatic rings. The summed E-state index contributed by atoms with van der Waals surface area (Å²) in [6.45, 7) is 3.50. The molecule has 130 valence electrons. The van der Waals surface area contributed by atoms with E-state index in [1.165, 1.54) is 18.6 Å². The SMILES string of the molecule is CCc1ccc(OCc2cc(=O)n3nc(COC(C)=O)nc3[nH]2)cc1. The highest BCUT2D eigenvalue weighted by atomic mass is 16.5. The summed E-state index contributed by atoms with van der Waals surface area (Å²) in [5, 5.41) is 4.01. The zero-order chi connectivity index (χ0) is 17.8. The van der Waals surface area contributed by atoms with Crippen LogP contribution in [0.4, 0.5) is 0 Å². The summed E-state index contributed by atoms with van der Waals surface area (Å²) in [5.74, 6) is 0.801. The van der Waals surface area contributed by atoms with Crippen LogP contribution < -0.4 is 10.3 Å². The maximum atomic E-state index is 12.1. The van der Waals surface area contributed by atoms with E-state index in [0.717, 1.165) is 16.7 Å². The van der Waals surface area contributed by atoms with Crippen molar-refractivity contribution in [3.8, 4) is 5.75 Å². The summed E-state index contributed by atoms with van der Waals surface area (Å²) in [4.78, 5) is 30.1. The molecule has 0 spiro atoms. The van der Waals surface area contributed by atoms with E-state index in [9.17, 15) is 9.59 Å². The van der Waals surface area contributed by atoms with Crippen LogP contribution in [0.1, 0.15) is 30.9 Å². The Balaban J connectivity index is 1.75. The van der Waals surface area contributed by atoms with Crippen molar-refractivity contribution >= 4 is 11.7 Å². The van der Waals surface area contributed by atoms with Crippen molar-refractivity contribution in [2.24, 2.45) is 0 Å². The molecule has 2 heterocycles. The van der Waals surface area contributed by atoms with E-state index in [1.54, 1.807) is 0 Å². The molecule has 0 saturated heterocycles. The van der Waals surface area contributed by atoms with E-state index >= 15 is 0 Å². The Morgan fingerprint density at radius 2 is 2.00 bits per heavy atom. The van der Waals surface area contributed by atoms with Crippen molar-refractivity contribution in [3.63, 3.8) is 0 Å². The summed E-state index contributed by atoms with van der Waals surface area (Å²) in [6, 6.07) is 9.19. The second-order valence-electron chi connectivity index (χ2n) is 5.46. The molecule has 0 saturated carbocycles. The minimum atomic E-state index is -0.437. The van der Waals surface area contributed by atoms with Crippen LogP contribution in [-0.4, -0.2) is 25.6 Å². The Kier molecular flexibility index (Phi) is 4.78. The molecule has 0 aliphatic rings. The Labute approximate surface area is 143 Å². The first-order valence-electron chi connectivity index (χ1n) is 7.88. The number of ether oxygens (including phenoxy) is 2. The van der Waals surface area contributed by atoms with E-state index in [1.807, 2.05) is 24.3 Å². The van der Waals surface area contributed by atoms with Crippen LogP contribution in [-0.2, 0) is 29.2 Å². The number of hydrogen-bond donors (Lipinski definition) is 1. The van der Waals surface area contributed by atoms with Gasteiger partial charge in [-0.15, -0.1) is 5.10 Å². The molecular weight excluding hydrogens is 324 g/mol. The van der Waals surface area contributed by atoms with Gasteiger partial charge in [0.25, 0.3) is 5.56 Å². The lowest BCUT2D eigenvalue weighted by atomic mass is 10.2. The number of nitrogens with one attached hydrogen (secondary N) is 1. The average molecular weight is 342 g/mol. The molecule has 0 radical (unpaired) electrons. The Hall–Kier alpha value is -3.16. The van der Waals surface area contributed by atoms with Gasteiger partial charge in [-0.1, -0.05) is 19.1 Å². The first-order valence-corrected chi connectivity index (χ1v) is 7.88. The van der Waals surface area contributed by atoms with Crippen LogP contribution >= 0.6 is 0 Å². The molecule has 0 amide bonds. The number of fused-ring (bicyclic) bond motifs is 1. The van der Waals surface area contributed by atoms with Crippen LogP contribution in [0.3, 0.4) is 0 Å². The third-order valence-electron chi connectivity index (χ3n) is 3.56. The van der Waals surface area contributed by atoms with Crippen molar-refractivity contribution in [2.75, 3.05) is 0 Å². The van der Waals surface area contributed by atoms with E-state index < -0.39 is 5.97 Å². The van der Waals surface area contributed by atoms with Crippen LogP contribution in [0.25, 0.3) is 5.78 Å². The first kappa shape index (κ1) is 16.7. The van der Waals surface area contributed by atoms with Crippen LogP contribution in [0.2, 0.25) is 0 Å². The first-order chi connectivity index (χ1) is 12.0. The number of carbonyl (C=O) groups excluding carboxylic acids is 1. The van der Waals surface area contributed by atoms with Gasteiger partial charge >= 0.3 is 5.97 Å². The Bertz CT molecular complexity index is 943. The lowest BCUT2D eigenvalue weighted by Gasteiger charge is -2.07. The number of nitrogens with zero attached hydrogens (tertiary/aromatic N) is 3. The molecule has 0 bridgehead atoms. The Morgan fingerprint density at radius 3 is 2.68 bits per heavy atom. The molecule has 0 aliphatic heterocycles. The van der Waals surface area contributed by atoms with E-state index in [2.05, 4.69) is 22.0 Å². The van der Waals surface area contributed by atoms with E-state index in [-0.39, 0.29) is 30.4 Å². The minimum absolute atomic E-state index is 0.0834. The van der Waals surface area contributed by atoms with Gasteiger partial charge in [0.05, 0.1) is 5.69 Å². The smallest absolute Gasteiger partial charge is 0.303 e. The number of hydrogen-bond acceptors (Lipinski definition) is 6. The van der Waals surface area contributed by atoms with Gasteiger partial charge in [0.2, 0.25) is 5.78 Å². The number of aryl methyl sites for hydroxylation is 1. The van der Waals surface area contributed by atoms with E-state index in [4.69, 9.17) is 9.47 Å². The topological polar surface area (TPSA) is 98.6 Å². The van der Waals surface area contributed by atoms with Crippen molar-refractivity contribution in [1.82, 2.24) is 19.6 Å². The second-order valence-corrected chi connectivity index (χ2v) is 5.46. The lowest BCUT2D eigenvalue weighted by Crippen LogP contribution is -2.16. The molecule has 3 rings (SSSR count). The molecule has 1 N–H and O–H groups in total. The summed E-state index contributed by atoms with van der Waals surface area (Å²) in [5.41, 5.74) is 1.46. The number of rotatable bonds is 6. The van der Waals surface area contributed by atoms with Crippen LogP contribution in [0.5, 0.6) is 5.75 Å². The third kappa shape index (κ3) is 4.03. The van der Waals surface area contributed by atoms with Crippen LogP contribution in [0.15, 0.2) is 35.1 Å². The molecule has 0 aliphatic carbocycles. The fourth-order valence-electron chi connectivity index (χ4n) is 2.27. The van der Waals surface area contributed by atoms with Crippen molar-refractivity contribution in [3.05, 3.63) is 57.8 Å². The molecule has 0 fully saturated rings. The number of carbonyl (C=O) groups is 1. The molecule has 8 heteroatoms. The number of esters is 1. The number of aromatic nitrogens is 4. The van der Waals surface area contributed by atoms with Gasteiger partial charge in [0.1, 0.15) is 12.4 Å². The zero-order valence-corrected chi connectivity index (χ0v) is 14.0. The molecule has 8 nitrogen and oxygen atoms in total. The molecule has 1 aromatic carbocycles. The summed E-state index contributed by atoms with van der Waals surface area (Å²) in [6.07, 6.45) is 0.965. The van der Waals surface area contributed by atoms with Crippen molar-refractivity contribution in [2.45, 2.75) is 33.5 Å². The highest BCUT2D eigenvalue weighted by Gasteiger charge is 2.10. The molecule has 25 heavy (non-hydrogen) atoms. The van der Waals surface area contributed by atoms with E-state index in [0.29, 0.717) is 5.69 Å². The number of benzene rings is 1. The fraction of sp³-hybridized carbons (Fsp3) is 0.294. The maximum Gasteiger partial charge on any atom is 0.303 e. The zero-order valence-electron chi connectivity index (χ0n) is 14.0. The second kappa shape index (κ2) is 7.16. The van der Waals surface area contributed by atoms with Gasteiger partial charge < -0.3 is 14.5 Å². The summed E-state index contributed by atoms with van der Waals surface area (Å²) in [7, 11) is 0. The molecule has 2 aromatic heterocycles. The third-order valence-corrected chi connectivity index (χ3v) is 3.56. The fourth-order valence-corrected chi connectivity index (χ4v) is 2.27. The lowest BCUT2D eigenvalue weighted by molar-refractivity contribution is -0.142. The monoisotopic (exact) mass is 342 g/mol. The number of H-pyrrole nitrogens is 1. The quantitative estimate of drug-likeness (QED) is 0.684. The van der Waals surface area contributed by atoms with Gasteiger partial charge in [0, 0.05) is 13.0 Å². The van der Waals surface area contributed by atoms with Gasteiger partial charge in [-0.2, -0.15) is 9.50 Å². The summed E-state index contributed by atoms with van der Waals surface area (Å²) >= 11 is 0. The van der Waals surface area contributed by atoms with Gasteiger partial charge in [-0.25, -0.2) is 0 Å². The normalized spacial score (nSPS) is 10.8. The van der Waals surface area contributed by atoms with Gasteiger partial charge in [0.15, 0.2) is 12.4 Å². The highest BCUT2D eigenvalue weighted by Crippen LogP contribution is 2.14. The predicted octanol–water partition coefficient (Wildman–Crippen LogP) is 1.62. The summed E-state index contributed by atoms with van der Waals surface area (Å²) < 4.78 is 11.6.